The SMILES string of the molecule is CCC1COc2cc(OCc3cccc(-c4c(C)cc(OCc5ccc(SC)s5)cc4C)c3)ccc21.O=CO. The third-order valence-electron chi connectivity index (χ3n) is 6.70. The number of hydrogen-bond donors (Lipinski definition) is 1. The quantitative estimate of drug-likeness (QED) is 0.163. The first-order valence-electron chi connectivity index (χ1n) is 12.9. The summed E-state index contributed by atoms with van der Waals surface area (Å²) in [5, 5.41) is 6.89. The Morgan fingerprint density at radius 3 is 2.44 bits per heavy atom. The molecule has 1 atom stereocenters. The Morgan fingerprint density at radius 2 is 1.74 bits per heavy atom. The van der Waals surface area contributed by atoms with Gasteiger partial charge >= 0.3 is 0 Å². The smallest absolute Gasteiger partial charge is 0.290 e. The number of aryl methyl sites for hydroxylation is 2. The largest absolute Gasteiger partial charge is 0.493 e. The zero-order valence-corrected chi connectivity index (χ0v) is 24.4. The van der Waals surface area contributed by atoms with Crippen molar-refractivity contribution in [3.05, 3.63) is 93.9 Å². The van der Waals surface area contributed by atoms with E-state index in [1.165, 1.54) is 36.9 Å². The Labute approximate surface area is 238 Å². The average molecular weight is 563 g/mol. The van der Waals surface area contributed by atoms with Crippen LogP contribution in [0, 0.1) is 13.8 Å². The van der Waals surface area contributed by atoms with Crippen LogP contribution in [0.15, 0.2) is 70.9 Å². The summed E-state index contributed by atoms with van der Waals surface area (Å²) in [6.07, 6.45) is 3.20. The highest BCUT2D eigenvalue weighted by atomic mass is 32.2. The minimum atomic E-state index is -0.250. The van der Waals surface area contributed by atoms with E-state index in [0.29, 0.717) is 19.1 Å². The number of ether oxygens (including phenoxy) is 3. The topological polar surface area (TPSA) is 65.0 Å². The lowest BCUT2D eigenvalue weighted by atomic mass is 9.94. The van der Waals surface area contributed by atoms with Gasteiger partial charge in [-0.15, -0.1) is 23.1 Å². The van der Waals surface area contributed by atoms with Crippen molar-refractivity contribution in [1.82, 2.24) is 0 Å². The lowest BCUT2D eigenvalue weighted by Gasteiger charge is -2.15. The van der Waals surface area contributed by atoms with E-state index in [4.69, 9.17) is 24.1 Å². The van der Waals surface area contributed by atoms with E-state index >= 15 is 0 Å². The maximum absolute atomic E-state index is 8.36. The molecule has 0 saturated heterocycles. The van der Waals surface area contributed by atoms with Gasteiger partial charge in [0.2, 0.25) is 0 Å². The average Bonchev–Trinajstić information content (AvgIpc) is 3.57. The third-order valence-corrected chi connectivity index (χ3v) is 8.85. The van der Waals surface area contributed by atoms with Gasteiger partial charge in [-0.3, -0.25) is 4.79 Å². The highest BCUT2D eigenvalue weighted by Crippen LogP contribution is 2.38. The van der Waals surface area contributed by atoms with Crippen LogP contribution >= 0.6 is 23.1 Å². The Balaban J connectivity index is 0.00000112. The molecule has 0 saturated carbocycles. The summed E-state index contributed by atoms with van der Waals surface area (Å²) in [7, 11) is 0. The van der Waals surface area contributed by atoms with Crippen LogP contribution in [0.1, 0.15) is 46.4 Å². The summed E-state index contributed by atoms with van der Waals surface area (Å²) < 4.78 is 19.5. The van der Waals surface area contributed by atoms with Crippen LogP contribution in [-0.4, -0.2) is 24.4 Å². The Kier molecular flexibility index (Phi) is 9.96. The van der Waals surface area contributed by atoms with Crippen LogP contribution in [0.3, 0.4) is 0 Å². The summed E-state index contributed by atoms with van der Waals surface area (Å²) in [4.78, 5) is 9.60. The zero-order valence-electron chi connectivity index (χ0n) is 22.7. The summed E-state index contributed by atoms with van der Waals surface area (Å²) in [6.45, 7) is 8.15. The van der Waals surface area contributed by atoms with E-state index in [2.05, 4.69) is 87.7 Å². The van der Waals surface area contributed by atoms with Crippen LogP contribution in [0.25, 0.3) is 11.1 Å². The molecule has 39 heavy (non-hydrogen) atoms. The number of carboxylic acid groups (broad SMARTS) is 1. The number of carbonyl (C=O) groups is 1. The maximum Gasteiger partial charge on any atom is 0.290 e. The van der Waals surface area contributed by atoms with Crippen LogP contribution < -0.4 is 14.2 Å². The molecule has 5 rings (SSSR count). The van der Waals surface area contributed by atoms with Crippen LogP contribution in [0.2, 0.25) is 0 Å². The molecular weight excluding hydrogens is 528 g/mol. The molecule has 1 N–H and O–H groups in total. The van der Waals surface area contributed by atoms with Gasteiger partial charge in [0.1, 0.15) is 30.5 Å². The number of hydrogen-bond acceptors (Lipinski definition) is 6. The fourth-order valence-corrected chi connectivity index (χ4v) is 6.34. The normalized spacial score (nSPS) is 13.6. The molecule has 5 nitrogen and oxygen atoms in total. The molecule has 0 bridgehead atoms. The molecule has 1 aliphatic heterocycles. The number of fused-ring (bicyclic) bond motifs is 1. The van der Waals surface area contributed by atoms with E-state index in [1.54, 1.807) is 23.1 Å². The monoisotopic (exact) mass is 562 g/mol. The highest BCUT2D eigenvalue weighted by molar-refractivity contribution is 8.00. The van der Waals surface area contributed by atoms with E-state index in [0.717, 1.165) is 35.8 Å². The molecule has 0 spiro atoms. The van der Waals surface area contributed by atoms with E-state index in [-0.39, 0.29) is 6.47 Å². The molecule has 0 amide bonds. The van der Waals surface area contributed by atoms with Crippen molar-refractivity contribution < 1.29 is 24.1 Å². The van der Waals surface area contributed by atoms with E-state index in [9.17, 15) is 0 Å². The molecule has 204 valence electrons. The first kappa shape index (κ1) is 28.6. The molecule has 2 heterocycles. The number of benzene rings is 3. The first-order chi connectivity index (χ1) is 18.9. The van der Waals surface area contributed by atoms with Gasteiger partial charge in [-0.2, -0.15) is 0 Å². The predicted molar refractivity (Wildman–Crippen MR) is 160 cm³/mol. The van der Waals surface area contributed by atoms with Crippen molar-refractivity contribution in [2.75, 3.05) is 12.9 Å². The van der Waals surface area contributed by atoms with Crippen molar-refractivity contribution in [2.45, 2.75) is 50.5 Å². The number of rotatable bonds is 9. The Hall–Kier alpha value is -3.42. The first-order valence-corrected chi connectivity index (χ1v) is 14.9. The van der Waals surface area contributed by atoms with Gasteiger partial charge in [-0.05, 0) is 90.7 Å². The van der Waals surface area contributed by atoms with Gasteiger partial charge in [-0.25, -0.2) is 0 Å². The van der Waals surface area contributed by atoms with Gasteiger partial charge in [0.15, 0.2) is 0 Å². The molecule has 0 radical (unpaired) electrons. The second kappa shape index (κ2) is 13.6. The molecule has 1 unspecified atom stereocenters. The summed E-state index contributed by atoms with van der Waals surface area (Å²) >= 11 is 3.56. The highest BCUT2D eigenvalue weighted by Gasteiger charge is 2.22. The van der Waals surface area contributed by atoms with Crippen LogP contribution in [0.5, 0.6) is 17.2 Å². The molecule has 4 aromatic rings. The summed E-state index contributed by atoms with van der Waals surface area (Å²) in [5.74, 6) is 3.22. The van der Waals surface area contributed by atoms with E-state index < -0.39 is 0 Å². The van der Waals surface area contributed by atoms with Gasteiger partial charge < -0.3 is 19.3 Å². The minimum absolute atomic E-state index is 0.250. The number of thioether (sulfide) groups is 1. The second-order valence-corrected chi connectivity index (χ2v) is 11.6. The molecule has 3 aromatic carbocycles. The van der Waals surface area contributed by atoms with Gasteiger partial charge in [0, 0.05) is 22.4 Å². The predicted octanol–water partition coefficient (Wildman–Crippen LogP) is 8.50. The molecule has 7 heteroatoms. The molecule has 1 aliphatic rings. The lowest BCUT2D eigenvalue weighted by molar-refractivity contribution is -0.122. The fraction of sp³-hybridized carbons (Fsp3) is 0.281. The Bertz CT molecular complexity index is 1390. The van der Waals surface area contributed by atoms with Crippen molar-refractivity contribution in [1.29, 1.82) is 0 Å². The maximum atomic E-state index is 8.36. The molecule has 0 fully saturated rings. The fourth-order valence-electron chi connectivity index (χ4n) is 4.83. The zero-order chi connectivity index (χ0) is 27.8. The molecular formula is C32H34O5S2. The summed E-state index contributed by atoms with van der Waals surface area (Å²) in [5.41, 5.74) is 7.30. The van der Waals surface area contributed by atoms with Gasteiger partial charge in [-0.1, -0.05) is 31.2 Å². The van der Waals surface area contributed by atoms with Crippen molar-refractivity contribution in [2.24, 2.45) is 0 Å². The summed E-state index contributed by atoms with van der Waals surface area (Å²) in [6, 6.07) is 23.4. The van der Waals surface area contributed by atoms with E-state index in [1.807, 2.05) is 6.07 Å². The third kappa shape index (κ3) is 7.16. The Morgan fingerprint density at radius 1 is 1.00 bits per heavy atom. The van der Waals surface area contributed by atoms with Crippen LogP contribution in [0.4, 0.5) is 0 Å². The van der Waals surface area contributed by atoms with Crippen LogP contribution in [-0.2, 0) is 18.0 Å². The minimum Gasteiger partial charge on any atom is -0.493 e. The van der Waals surface area contributed by atoms with Crippen molar-refractivity contribution in [3.8, 4) is 28.4 Å². The van der Waals surface area contributed by atoms with Gasteiger partial charge in [0.05, 0.1) is 10.8 Å². The van der Waals surface area contributed by atoms with Gasteiger partial charge in [0.25, 0.3) is 6.47 Å². The lowest BCUT2D eigenvalue weighted by Crippen LogP contribution is -1.98. The van der Waals surface area contributed by atoms with Crippen molar-refractivity contribution in [3.63, 3.8) is 0 Å². The molecule has 0 aliphatic carbocycles. The van der Waals surface area contributed by atoms with Crippen molar-refractivity contribution >= 4 is 29.6 Å². The number of thiophene rings is 1. The standard InChI is InChI=1S/C31H32O3S2.CH2O2/c1-5-23-18-34-29-16-25(9-11-28(23)29)32-17-22-7-6-8-24(15-22)31-20(2)13-26(14-21(31)3)33-19-27-10-12-30(35-4)36-27;2-1-3/h6-16,23H,5,17-19H2,1-4H3;1H,(H,2,3). The molecule has 1 aromatic heterocycles. The second-order valence-electron chi connectivity index (χ2n) is 9.36.